The summed E-state index contributed by atoms with van der Waals surface area (Å²) in [6, 6.07) is 0. The molecule has 0 aliphatic heterocycles. The third kappa shape index (κ3) is 44.6. The lowest BCUT2D eigenvalue weighted by atomic mass is 10.0. The summed E-state index contributed by atoms with van der Waals surface area (Å²) in [7, 11) is -4.62. The zero-order chi connectivity index (χ0) is 43.3. The number of aliphatic hydroxyl groups excluding tert-OH is 2. The van der Waals surface area contributed by atoms with Gasteiger partial charge in [-0.15, -0.1) is 0 Å². The van der Waals surface area contributed by atoms with Crippen molar-refractivity contribution in [3.8, 4) is 0 Å². The minimum absolute atomic E-state index is 0.189. The smallest absolute Gasteiger partial charge is 0.462 e. The van der Waals surface area contributed by atoms with Crippen LogP contribution in [0.1, 0.15) is 245 Å². The first-order chi connectivity index (χ1) is 28.7. The fraction of sp³-hybridized carbons (Fsp3) is 0.917. The number of phosphoric ester groups is 1. The van der Waals surface area contributed by atoms with E-state index < -0.39 is 51.8 Å². The van der Waals surface area contributed by atoms with Crippen molar-refractivity contribution in [3.63, 3.8) is 0 Å². The Bertz CT molecular complexity index is 993. The van der Waals surface area contributed by atoms with Crippen LogP contribution in [-0.2, 0) is 32.7 Å². The Balaban J connectivity index is 4.16. The van der Waals surface area contributed by atoms with E-state index in [2.05, 4.69) is 26.0 Å². The highest BCUT2D eigenvalue weighted by molar-refractivity contribution is 7.47. The molecule has 0 spiro atoms. The zero-order valence-corrected chi connectivity index (χ0v) is 39.1. The van der Waals surface area contributed by atoms with Crippen molar-refractivity contribution in [3.05, 3.63) is 12.2 Å². The Labute approximate surface area is 362 Å². The lowest BCUT2D eigenvalue weighted by molar-refractivity contribution is -0.161. The summed E-state index contributed by atoms with van der Waals surface area (Å²) in [5, 5.41) is 18.4. The van der Waals surface area contributed by atoms with Gasteiger partial charge in [0.2, 0.25) is 0 Å². The average molecular weight is 861 g/mol. The van der Waals surface area contributed by atoms with Gasteiger partial charge in [0.25, 0.3) is 0 Å². The van der Waals surface area contributed by atoms with Crippen LogP contribution in [0.15, 0.2) is 12.2 Å². The first-order valence-corrected chi connectivity index (χ1v) is 26.1. The Hall–Kier alpha value is -1.29. The van der Waals surface area contributed by atoms with E-state index in [1.54, 1.807) is 0 Å². The minimum atomic E-state index is -4.62. The van der Waals surface area contributed by atoms with Crippen LogP contribution in [0, 0.1) is 0 Å². The van der Waals surface area contributed by atoms with Crippen molar-refractivity contribution in [1.29, 1.82) is 0 Å². The monoisotopic (exact) mass is 861 g/mol. The van der Waals surface area contributed by atoms with Gasteiger partial charge in [-0.1, -0.05) is 206 Å². The highest BCUT2D eigenvalue weighted by Gasteiger charge is 2.27. The summed E-state index contributed by atoms with van der Waals surface area (Å²) >= 11 is 0. The molecule has 0 rings (SSSR count). The van der Waals surface area contributed by atoms with Gasteiger partial charge in [0.1, 0.15) is 12.7 Å². The van der Waals surface area contributed by atoms with Gasteiger partial charge in [0, 0.05) is 12.8 Å². The largest absolute Gasteiger partial charge is 0.472 e. The van der Waals surface area contributed by atoms with Crippen LogP contribution in [0.3, 0.4) is 0 Å². The summed E-state index contributed by atoms with van der Waals surface area (Å²) in [5.41, 5.74) is 0. The number of hydrogen-bond donors (Lipinski definition) is 3. The number of ether oxygens (including phenoxy) is 2. The van der Waals surface area contributed by atoms with Crippen LogP contribution < -0.4 is 0 Å². The van der Waals surface area contributed by atoms with Crippen molar-refractivity contribution >= 4 is 19.8 Å². The number of carbonyl (C=O) groups excluding carboxylic acids is 2. The molecule has 350 valence electrons. The molecule has 0 saturated heterocycles. The maximum atomic E-state index is 12.7. The van der Waals surface area contributed by atoms with E-state index in [0.717, 1.165) is 51.4 Å². The molecule has 0 bridgehead atoms. The highest BCUT2D eigenvalue weighted by atomic mass is 31.2. The molecule has 0 radical (unpaired) electrons. The number of rotatable bonds is 47. The van der Waals surface area contributed by atoms with Gasteiger partial charge in [0.15, 0.2) is 6.10 Å². The Kier molecular flexibility index (Phi) is 43.8. The maximum absolute atomic E-state index is 12.7. The molecule has 0 heterocycles. The van der Waals surface area contributed by atoms with E-state index in [-0.39, 0.29) is 19.4 Å². The number of allylic oxidation sites excluding steroid dienone is 2. The summed E-state index contributed by atoms with van der Waals surface area (Å²) in [4.78, 5) is 35.1. The molecule has 0 aliphatic carbocycles. The second kappa shape index (κ2) is 44.8. The number of aliphatic hydroxyl groups is 2. The van der Waals surface area contributed by atoms with Gasteiger partial charge < -0.3 is 24.6 Å². The van der Waals surface area contributed by atoms with Crippen LogP contribution in [0.5, 0.6) is 0 Å². The minimum Gasteiger partial charge on any atom is -0.462 e. The predicted octanol–water partition coefficient (Wildman–Crippen LogP) is 13.6. The van der Waals surface area contributed by atoms with Gasteiger partial charge >= 0.3 is 19.8 Å². The van der Waals surface area contributed by atoms with Crippen molar-refractivity contribution < 1.29 is 47.8 Å². The molecule has 0 aromatic heterocycles. The highest BCUT2D eigenvalue weighted by Crippen LogP contribution is 2.43. The number of phosphoric acid groups is 1. The summed E-state index contributed by atoms with van der Waals surface area (Å²) in [6.45, 7) is 2.42. The molecule has 59 heavy (non-hydrogen) atoms. The first kappa shape index (κ1) is 57.7. The Morgan fingerprint density at radius 3 is 1.22 bits per heavy atom. The van der Waals surface area contributed by atoms with Crippen molar-refractivity contribution in [1.82, 2.24) is 0 Å². The van der Waals surface area contributed by atoms with Crippen LogP contribution in [0.4, 0.5) is 0 Å². The van der Waals surface area contributed by atoms with Crippen LogP contribution >= 0.6 is 7.82 Å². The van der Waals surface area contributed by atoms with Gasteiger partial charge in [-0.25, -0.2) is 4.57 Å². The standard InChI is InChI=1S/C48H93O10P/c1-3-5-7-9-11-13-15-17-19-20-21-22-23-24-26-28-30-32-34-36-38-40-48(52)58-46(44-57-59(53,54)56-42-45(50)41-49)43-55-47(51)39-37-35-33-31-29-27-25-18-16-14-12-10-8-6-4-2/h18,25,45-46,49-50H,3-17,19-24,26-44H2,1-2H3,(H,53,54)/b25-18+/t45-,46+/m0/s1. The van der Waals surface area contributed by atoms with Crippen molar-refractivity contribution in [2.45, 2.75) is 257 Å². The number of esters is 2. The SMILES string of the molecule is CCCCCCCC/C=C/CCCCCCCC(=O)OC[C@H](COP(=O)(O)OC[C@@H](O)CO)OC(=O)CCCCCCCCCCCCCCCCCCCCCCC. The van der Waals surface area contributed by atoms with Crippen molar-refractivity contribution in [2.24, 2.45) is 0 Å². The van der Waals surface area contributed by atoms with E-state index in [9.17, 15) is 24.2 Å². The van der Waals surface area contributed by atoms with E-state index in [4.69, 9.17) is 23.6 Å². The lowest BCUT2D eigenvalue weighted by Crippen LogP contribution is -2.29. The molecule has 0 fully saturated rings. The summed E-state index contributed by atoms with van der Waals surface area (Å²) in [6.07, 6.45) is 44.6. The predicted molar refractivity (Wildman–Crippen MR) is 242 cm³/mol. The van der Waals surface area contributed by atoms with E-state index in [1.165, 1.54) is 154 Å². The third-order valence-corrected chi connectivity index (χ3v) is 11.9. The summed E-state index contributed by atoms with van der Waals surface area (Å²) in [5.74, 6) is -0.920. The van der Waals surface area contributed by atoms with E-state index >= 15 is 0 Å². The number of carbonyl (C=O) groups is 2. The molecule has 0 aromatic rings. The van der Waals surface area contributed by atoms with Gasteiger partial charge in [-0.2, -0.15) is 0 Å². The quantitative estimate of drug-likeness (QED) is 0.0234. The second-order valence-electron chi connectivity index (χ2n) is 16.8. The Morgan fingerprint density at radius 1 is 0.492 bits per heavy atom. The van der Waals surface area contributed by atoms with E-state index in [0.29, 0.717) is 12.8 Å². The molecule has 11 heteroatoms. The van der Waals surface area contributed by atoms with Gasteiger partial charge in [0.05, 0.1) is 19.8 Å². The van der Waals surface area contributed by atoms with Crippen LogP contribution in [-0.4, -0.2) is 65.7 Å². The molecule has 0 amide bonds. The normalized spacial score (nSPS) is 13.8. The molecule has 1 unspecified atom stereocenters. The number of hydrogen-bond acceptors (Lipinski definition) is 9. The molecule has 0 saturated carbocycles. The molecule has 3 atom stereocenters. The lowest BCUT2D eigenvalue weighted by Gasteiger charge is -2.20. The molecule has 0 aliphatic rings. The van der Waals surface area contributed by atoms with Crippen LogP contribution in [0.25, 0.3) is 0 Å². The van der Waals surface area contributed by atoms with Gasteiger partial charge in [-0.3, -0.25) is 18.6 Å². The van der Waals surface area contributed by atoms with Crippen LogP contribution in [0.2, 0.25) is 0 Å². The van der Waals surface area contributed by atoms with Crippen molar-refractivity contribution in [2.75, 3.05) is 26.4 Å². The molecular weight excluding hydrogens is 767 g/mol. The zero-order valence-electron chi connectivity index (χ0n) is 38.2. The molecule has 10 nitrogen and oxygen atoms in total. The fourth-order valence-corrected chi connectivity index (χ4v) is 7.90. The topological polar surface area (TPSA) is 149 Å². The maximum Gasteiger partial charge on any atom is 0.472 e. The summed E-state index contributed by atoms with van der Waals surface area (Å²) < 4.78 is 32.8. The molecule has 0 aromatic carbocycles. The third-order valence-electron chi connectivity index (χ3n) is 10.9. The average Bonchev–Trinajstić information content (AvgIpc) is 3.22. The van der Waals surface area contributed by atoms with E-state index in [1.807, 2.05) is 0 Å². The molecule has 3 N–H and O–H groups in total. The second-order valence-corrected chi connectivity index (χ2v) is 18.3. The first-order valence-electron chi connectivity index (χ1n) is 24.6. The number of unbranched alkanes of at least 4 members (excludes halogenated alkanes) is 31. The molecular formula is C48H93O10P. The fourth-order valence-electron chi connectivity index (χ4n) is 7.11. The Morgan fingerprint density at radius 2 is 0.831 bits per heavy atom. The van der Waals surface area contributed by atoms with Gasteiger partial charge in [-0.05, 0) is 38.5 Å².